The number of aryl methyl sites for hydroxylation is 1. The Labute approximate surface area is 169 Å². The van der Waals surface area contributed by atoms with Crippen LogP contribution in [0.2, 0.25) is 0 Å². The molecular formula is C20H25NO7S. The van der Waals surface area contributed by atoms with Gasteiger partial charge in [0.1, 0.15) is 11.3 Å². The Hall–Kier alpha value is -2.55. The third-order valence-corrected chi connectivity index (χ3v) is 6.98. The lowest BCUT2D eigenvalue weighted by atomic mass is 10.1. The summed E-state index contributed by atoms with van der Waals surface area (Å²) >= 11 is 0. The molecule has 1 aliphatic rings. The molecule has 0 unspecified atom stereocenters. The maximum Gasteiger partial charge on any atom is 0.375 e. The predicted molar refractivity (Wildman–Crippen MR) is 107 cm³/mol. The van der Waals surface area contributed by atoms with Gasteiger partial charge in [-0.1, -0.05) is 0 Å². The van der Waals surface area contributed by atoms with Crippen molar-refractivity contribution in [2.24, 2.45) is 0 Å². The summed E-state index contributed by atoms with van der Waals surface area (Å²) in [7, 11) is -1.58. The number of furan rings is 1. The lowest BCUT2D eigenvalue weighted by molar-refractivity contribution is -0.141. The third kappa shape index (κ3) is 4.24. The van der Waals surface area contributed by atoms with Crippen LogP contribution in [0, 0.1) is 6.92 Å². The van der Waals surface area contributed by atoms with Crippen LogP contribution in [-0.2, 0) is 19.4 Å². The number of sulfone groups is 1. The molecule has 0 spiro atoms. The molecular weight excluding hydrogens is 398 g/mol. The SMILES string of the molecule is CCN(C(=O)[C@@H](C)OC(=O)c1oc2ccc(OC)cc2c1C)[C@@H]1CCS(=O)(=O)C1. The van der Waals surface area contributed by atoms with Crippen LogP contribution in [0.3, 0.4) is 0 Å². The Morgan fingerprint density at radius 3 is 2.66 bits per heavy atom. The number of hydrogen-bond acceptors (Lipinski definition) is 7. The van der Waals surface area contributed by atoms with Crippen LogP contribution in [0.25, 0.3) is 11.0 Å². The topological polar surface area (TPSA) is 103 Å². The van der Waals surface area contributed by atoms with Crippen molar-refractivity contribution in [1.82, 2.24) is 4.90 Å². The number of carbonyl (C=O) groups excluding carboxylic acids is 2. The van der Waals surface area contributed by atoms with E-state index in [1.165, 1.54) is 11.8 Å². The number of methoxy groups -OCH3 is 1. The molecule has 2 heterocycles. The van der Waals surface area contributed by atoms with E-state index >= 15 is 0 Å². The van der Waals surface area contributed by atoms with Gasteiger partial charge in [0.05, 0.1) is 18.6 Å². The highest BCUT2D eigenvalue weighted by Crippen LogP contribution is 2.29. The number of carbonyl (C=O) groups is 2. The van der Waals surface area contributed by atoms with E-state index in [1.54, 1.807) is 39.2 Å². The van der Waals surface area contributed by atoms with Crippen LogP contribution >= 0.6 is 0 Å². The standard InChI is InChI=1S/C20H25NO7S/c1-5-21(14-8-9-29(24,25)11-14)19(22)13(3)27-20(23)18-12(2)16-10-15(26-4)6-7-17(16)28-18/h6-7,10,13-14H,5,8-9,11H2,1-4H3/t13-,14-/m1/s1. The molecule has 0 saturated carbocycles. The minimum Gasteiger partial charge on any atom is -0.497 e. The van der Waals surface area contributed by atoms with Crippen LogP contribution < -0.4 is 4.74 Å². The summed E-state index contributed by atoms with van der Waals surface area (Å²) < 4.78 is 39.7. The second-order valence-corrected chi connectivity index (χ2v) is 9.38. The maximum absolute atomic E-state index is 12.8. The second kappa shape index (κ2) is 8.06. The molecule has 0 radical (unpaired) electrons. The highest BCUT2D eigenvalue weighted by molar-refractivity contribution is 7.91. The van der Waals surface area contributed by atoms with E-state index in [0.717, 1.165) is 5.39 Å². The van der Waals surface area contributed by atoms with Gasteiger partial charge in [-0.05, 0) is 45.4 Å². The summed E-state index contributed by atoms with van der Waals surface area (Å²) in [5.41, 5.74) is 1.11. The van der Waals surface area contributed by atoms with Gasteiger partial charge in [0, 0.05) is 23.5 Å². The average molecular weight is 423 g/mol. The Morgan fingerprint density at radius 2 is 2.07 bits per heavy atom. The molecule has 8 nitrogen and oxygen atoms in total. The fourth-order valence-corrected chi connectivity index (χ4v) is 5.37. The maximum atomic E-state index is 12.8. The number of hydrogen-bond donors (Lipinski definition) is 0. The van der Waals surface area contributed by atoms with Gasteiger partial charge < -0.3 is 18.8 Å². The zero-order valence-electron chi connectivity index (χ0n) is 16.9. The van der Waals surface area contributed by atoms with E-state index in [0.29, 0.717) is 29.9 Å². The van der Waals surface area contributed by atoms with Gasteiger partial charge in [-0.15, -0.1) is 0 Å². The van der Waals surface area contributed by atoms with Crippen LogP contribution in [0.5, 0.6) is 5.75 Å². The number of benzene rings is 1. The van der Waals surface area contributed by atoms with E-state index < -0.39 is 27.8 Å². The Kier molecular flexibility index (Phi) is 5.88. The van der Waals surface area contributed by atoms with Crippen molar-refractivity contribution in [2.75, 3.05) is 25.2 Å². The molecule has 0 N–H and O–H groups in total. The first kappa shape index (κ1) is 21.2. The van der Waals surface area contributed by atoms with Gasteiger partial charge >= 0.3 is 5.97 Å². The summed E-state index contributed by atoms with van der Waals surface area (Å²) in [5.74, 6) is -0.490. The minimum atomic E-state index is -3.13. The fraction of sp³-hybridized carbons (Fsp3) is 0.500. The van der Waals surface area contributed by atoms with Gasteiger partial charge in [-0.3, -0.25) is 4.79 Å². The monoisotopic (exact) mass is 423 g/mol. The fourth-order valence-electron chi connectivity index (χ4n) is 3.63. The zero-order chi connectivity index (χ0) is 21.3. The van der Waals surface area contributed by atoms with E-state index in [1.807, 2.05) is 0 Å². The number of amides is 1. The van der Waals surface area contributed by atoms with Crippen LogP contribution in [0.4, 0.5) is 0 Å². The smallest absolute Gasteiger partial charge is 0.375 e. The van der Waals surface area contributed by atoms with E-state index in [2.05, 4.69) is 0 Å². The van der Waals surface area contributed by atoms with E-state index in [-0.39, 0.29) is 23.3 Å². The van der Waals surface area contributed by atoms with Crippen molar-refractivity contribution in [3.05, 3.63) is 29.5 Å². The molecule has 1 saturated heterocycles. The molecule has 0 bridgehead atoms. The summed E-state index contributed by atoms with van der Waals surface area (Å²) in [5, 5.41) is 0.724. The average Bonchev–Trinajstić information content (AvgIpc) is 3.21. The Bertz CT molecular complexity index is 1040. The molecule has 3 rings (SSSR count). The predicted octanol–water partition coefficient (Wildman–Crippen LogP) is 2.33. The third-order valence-electron chi connectivity index (χ3n) is 5.23. The molecule has 1 fully saturated rings. The van der Waals surface area contributed by atoms with Crippen LogP contribution in [0.15, 0.2) is 22.6 Å². The molecule has 9 heteroatoms. The molecule has 0 aliphatic carbocycles. The zero-order valence-corrected chi connectivity index (χ0v) is 17.7. The lowest BCUT2D eigenvalue weighted by Crippen LogP contribution is -2.46. The van der Waals surface area contributed by atoms with Crippen molar-refractivity contribution in [3.63, 3.8) is 0 Å². The number of ether oxygens (including phenoxy) is 2. The van der Waals surface area contributed by atoms with Crippen LogP contribution in [0.1, 0.15) is 36.4 Å². The van der Waals surface area contributed by atoms with Gasteiger partial charge in [0.2, 0.25) is 5.76 Å². The van der Waals surface area contributed by atoms with E-state index in [4.69, 9.17) is 13.9 Å². The highest BCUT2D eigenvalue weighted by atomic mass is 32.2. The van der Waals surface area contributed by atoms with Crippen molar-refractivity contribution in [2.45, 2.75) is 39.3 Å². The van der Waals surface area contributed by atoms with Gasteiger partial charge in [-0.25, -0.2) is 13.2 Å². The van der Waals surface area contributed by atoms with Gasteiger partial charge in [0.15, 0.2) is 15.9 Å². The van der Waals surface area contributed by atoms with Gasteiger partial charge in [-0.2, -0.15) is 0 Å². The molecule has 1 aliphatic heterocycles. The highest BCUT2D eigenvalue weighted by Gasteiger charge is 2.36. The normalized spacial score (nSPS) is 19.1. The number of esters is 1. The molecule has 158 valence electrons. The quantitative estimate of drug-likeness (QED) is 0.657. The Morgan fingerprint density at radius 1 is 1.34 bits per heavy atom. The second-order valence-electron chi connectivity index (χ2n) is 7.15. The first-order chi connectivity index (χ1) is 13.7. The van der Waals surface area contributed by atoms with Crippen molar-refractivity contribution in [3.8, 4) is 5.75 Å². The van der Waals surface area contributed by atoms with Crippen LogP contribution in [-0.4, -0.2) is 62.5 Å². The number of nitrogens with zero attached hydrogens (tertiary/aromatic N) is 1. The van der Waals surface area contributed by atoms with E-state index in [9.17, 15) is 18.0 Å². The number of fused-ring (bicyclic) bond motifs is 1. The number of rotatable bonds is 6. The molecule has 29 heavy (non-hydrogen) atoms. The first-order valence-corrected chi connectivity index (χ1v) is 11.3. The Balaban J connectivity index is 1.75. The summed E-state index contributed by atoms with van der Waals surface area (Å²) in [4.78, 5) is 26.9. The summed E-state index contributed by atoms with van der Waals surface area (Å²) in [6.45, 7) is 5.32. The van der Waals surface area contributed by atoms with Gasteiger partial charge in [0.25, 0.3) is 5.91 Å². The largest absolute Gasteiger partial charge is 0.497 e. The van der Waals surface area contributed by atoms with Crippen molar-refractivity contribution < 1.29 is 31.9 Å². The minimum absolute atomic E-state index is 0.0272. The lowest BCUT2D eigenvalue weighted by Gasteiger charge is -2.29. The van der Waals surface area contributed by atoms with Crippen molar-refractivity contribution in [1.29, 1.82) is 0 Å². The summed E-state index contributed by atoms with van der Waals surface area (Å²) in [6, 6.07) is 4.80. The molecule has 1 aromatic carbocycles. The summed E-state index contributed by atoms with van der Waals surface area (Å²) in [6.07, 6.45) is -0.666. The molecule has 2 aromatic rings. The van der Waals surface area contributed by atoms with Crippen molar-refractivity contribution >= 4 is 32.7 Å². The molecule has 1 amide bonds. The number of likely N-dealkylation sites (N-methyl/N-ethyl adjacent to an activating group) is 1. The first-order valence-electron chi connectivity index (χ1n) is 9.46. The molecule has 2 atom stereocenters. The molecule has 1 aromatic heterocycles.